The highest BCUT2D eigenvalue weighted by Gasteiger charge is 2.39. The number of amides is 1. The van der Waals surface area contributed by atoms with Gasteiger partial charge in [0.15, 0.2) is 6.10 Å². The zero-order chi connectivity index (χ0) is 12.4. The minimum absolute atomic E-state index is 0.135. The molecule has 1 fully saturated rings. The number of cyclic esters (lactones) is 1. The van der Waals surface area contributed by atoms with Gasteiger partial charge in [0.05, 0.1) is 19.8 Å². The first-order valence-corrected chi connectivity index (χ1v) is 5.35. The molecule has 2 atom stereocenters. The van der Waals surface area contributed by atoms with E-state index in [4.69, 9.17) is 9.47 Å². The SMILES string of the molecule is COc1cccc(C2OC(=O)N(C)C2CO)c1. The van der Waals surface area contributed by atoms with Crippen LogP contribution in [0.15, 0.2) is 24.3 Å². The number of carbonyl (C=O) groups is 1. The van der Waals surface area contributed by atoms with E-state index < -0.39 is 12.2 Å². The Labute approximate surface area is 99.6 Å². The van der Waals surface area contributed by atoms with E-state index in [2.05, 4.69) is 0 Å². The lowest BCUT2D eigenvalue weighted by molar-refractivity contribution is 0.118. The second-order valence-electron chi connectivity index (χ2n) is 3.94. The fourth-order valence-corrected chi connectivity index (χ4v) is 1.94. The monoisotopic (exact) mass is 237 g/mol. The zero-order valence-corrected chi connectivity index (χ0v) is 9.79. The predicted octanol–water partition coefficient (Wildman–Crippen LogP) is 1.18. The third-order valence-electron chi connectivity index (χ3n) is 2.97. The van der Waals surface area contributed by atoms with Crippen molar-refractivity contribution < 1.29 is 19.4 Å². The molecular weight excluding hydrogens is 222 g/mol. The van der Waals surface area contributed by atoms with Gasteiger partial charge in [0.1, 0.15) is 5.75 Å². The molecule has 17 heavy (non-hydrogen) atoms. The Kier molecular flexibility index (Phi) is 3.19. The third-order valence-corrected chi connectivity index (χ3v) is 2.97. The molecule has 1 heterocycles. The van der Waals surface area contributed by atoms with Crippen molar-refractivity contribution in [2.24, 2.45) is 0 Å². The van der Waals surface area contributed by atoms with Crippen molar-refractivity contribution >= 4 is 6.09 Å². The van der Waals surface area contributed by atoms with E-state index in [0.29, 0.717) is 5.75 Å². The Balaban J connectivity index is 2.29. The summed E-state index contributed by atoms with van der Waals surface area (Å²) in [6, 6.07) is 6.95. The van der Waals surface area contributed by atoms with Crippen LogP contribution in [0.25, 0.3) is 0 Å². The Hall–Kier alpha value is -1.75. The number of hydrogen-bond donors (Lipinski definition) is 1. The van der Waals surface area contributed by atoms with Crippen LogP contribution >= 0.6 is 0 Å². The van der Waals surface area contributed by atoms with Crippen LogP contribution in [0.2, 0.25) is 0 Å². The number of carbonyl (C=O) groups excluding carboxylic acids is 1. The molecule has 1 aromatic carbocycles. The molecule has 1 saturated heterocycles. The zero-order valence-electron chi connectivity index (χ0n) is 9.79. The Morgan fingerprint density at radius 3 is 2.94 bits per heavy atom. The molecule has 1 N–H and O–H groups in total. The fraction of sp³-hybridized carbons (Fsp3) is 0.417. The molecule has 5 heteroatoms. The molecule has 92 valence electrons. The maximum absolute atomic E-state index is 11.4. The van der Waals surface area contributed by atoms with Gasteiger partial charge in [0.2, 0.25) is 0 Å². The van der Waals surface area contributed by atoms with Crippen molar-refractivity contribution in [1.82, 2.24) is 4.90 Å². The first-order chi connectivity index (χ1) is 8.17. The van der Waals surface area contributed by atoms with Gasteiger partial charge in [-0.25, -0.2) is 4.79 Å². The average Bonchev–Trinajstić information content (AvgIpc) is 2.65. The average molecular weight is 237 g/mol. The molecule has 0 radical (unpaired) electrons. The van der Waals surface area contributed by atoms with Crippen LogP contribution in [0.3, 0.4) is 0 Å². The molecule has 2 unspecified atom stereocenters. The second kappa shape index (κ2) is 4.63. The lowest BCUT2D eigenvalue weighted by Gasteiger charge is -2.19. The lowest BCUT2D eigenvalue weighted by Crippen LogP contribution is -2.33. The van der Waals surface area contributed by atoms with Crippen LogP contribution in [0.5, 0.6) is 5.75 Å². The molecular formula is C12H15NO4. The van der Waals surface area contributed by atoms with Crippen LogP contribution in [0.1, 0.15) is 11.7 Å². The summed E-state index contributed by atoms with van der Waals surface area (Å²) >= 11 is 0. The van der Waals surface area contributed by atoms with Gasteiger partial charge in [-0.3, -0.25) is 0 Å². The molecule has 2 rings (SSSR count). The number of rotatable bonds is 3. The van der Waals surface area contributed by atoms with Gasteiger partial charge in [-0.05, 0) is 17.7 Å². The van der Waals surface area contributed by atoms with E-state index >= 15 is 0 Å². The number of aliphatic hydroxyl groups excluding tert-OH is 1. The largest absolute Gasteiger partial charge is 0.497 e. The number of methoxy groups -OCH3 is 1. The van der Waals surface area contributed by atoms with Crippen LogP contribution in [-0.2, 0) is 4.74 Å². The quantitative estimate of drug-likeness (QED) is 0.857. The molecule has 0 bridgehead atoms. The van der Waals surface area contributed by atoms with Crippen LogP contribution in [0.4, 0.5) is 4.79 Å². The summed E-state index contributed by atoms with van der Waals surface area (Å²) in [5.41, 5.74) is 0.820. The summed E-state index contributed by atoms with van der Waals surface area (Å²) in [6.45, 7) is -0.135. The standard InChI is InChI=1S/C12H15NO4/c1-13-10(7-14)11(17-12(13)15)8-4-3-5-9(6-8)16-2/h3-6,10-11,14H,7H2,1-2H3. The van der Waals surface area contributed by atoms with Crippen molar-refractivity contribution in [1.29, 1.82) is 0 Å². The summed E-state index contributed by atoms with van der Waals surface area (Å²) in [5, 5.41) is 9.31. The molecule has 0 spiro atoms. The van der Waals surface area contributed by atoms with E-state index in [1.165, 1.54) is 4.90 Å². The number of aliphatic hydroxyl groups is 1. The Bertz CT molecular complexity index is 421. The van der Waals surface area contributed by atoms with Gasteiger partial charge in [-0.1, -0.05) is 12.1 Å². The predicted molar refractivity (Wildman–Crippen MR) is 60.9 cm³/mol. The number of nitrogens with zero attached hydrogens (tertiary/aromatic N) is 1. The molecule has 5 nitrogen and oxygen atoms in total. The minimum Gasteiger partial charge on any atom is -0.497 e. The lowest BCUT2D eigenvalue weighted by atomic mass is 10.0. The molecule has 1 amide bonds. The van der Waals surface area contributed by atoms with Crippen molar-refractivity contribution in [3.8, 4) is 5.75 Å². The van der Waals surface area contributed by atoms with E-state index in [1.807, 2.05) is 18.2 Å². The van der Waals surface area contributed by atoms with Crippen LogP contribution in [0, 0.1) is 0 Å². The van der Waals surface area contributed by atoms with E-state index in [-0.39, 0.29) is 12.6 Å². The number of benzene rings is 1. The third kappa shape index (κ3) is 2.06. The van der Waals surface area contributed by atoms with Gasteiger partial charge in [-0.15, -0.1) is 0 Å². The second-order valence-corrected chi connectivity index (χ2v) is 3.94. The topological polar surface area (TPSA) is 59.0 Å². The van der Waals surface area contributed by atoms with Crippen LogP contribution < -0.4 is 4.74 Å². The maximum Gasteiger partial charge on any atom is 0.410 e. The number of likely N-dealkylation sites (N-methyl/N-ethyl adjacent to an activating group) is 1. The highest BCUT2D eigenvalue weighted by Crippen LogP contribution is 2.32. The number of ether oxygens (including phenoxy) is 2. The van der Waals surface area contributed by atoms with E-state index in [9.17, 15) is 9.90 Å². The minimum atomic E-state index is -0.451. The molecule has 0 saturated carbocycles. The summed E-state index contributed by atoms with van der Waals surface area (Å²) in [6.07, 6.45) is -0.871. The molecule has 1 aromatic rings. The summed E-state index contributed by atoms with van der Waals surface area (Å²) in [5.74, 6) is 0.699. The maximum atomic E-state index is 11.4. The molecule has 0 aliphatic carbocycles. The highest BCUT2D eigenvalue weighted by molar-refractivity contribution is 5.70. The Morgan fingerprint density at radius 2 is 2.29 bits per heavy atom. The van der Waals surface area contributed by atoms with Gasteiger partial charge in [-0.2, -0.15) is 0 Å². The molecule has 0 aromatic heterocycles. The van der Waals surface area contributed by atoms with Crippen molar-refractivity contribution in [2.45, 2.75) is 12.1 Å². The van der Waals surface area contributed by atoms with Gasteiger partial charge >= 0.3 is 6.09 Å². The normalized spacial score (nSPS) is 23.7. The smallest absolute Gasteiger partial charge is 0.410 e. The summed E-state index contributed by atoms with van der Waals surface area (Å²) < 4.78 is 10.4. The Morgan fingerprint density at radius 1 is 1.53 bits per heavy atom. The molecule has 1 aliphatic heterocycles. The van der Waals surface area contributed by atoms with E-state index in [1.54, 1.807) is 20.2 Å². The van der Waals surface area contributed by atoms with Crippen LogP contribution in [-0.4, -0.2) is 42.9 Å². The van der Waals surface area contributed by atoms with E-state index in [0.717, 1.165) is 5.56 Å². The first-order valence-electron chi connectivity index (χ1n) is 5.35. The van der Waals surface area contributed by atoms with Crippen molar-refractivity contribution in [2.75, 3.05) is 20.8 Å². The van der Waals surface area contributed by atoms with Gasteiger partial charge in [0, 0.05) is 7.05 Å². The summed E-state index contributed by atoms with van der Waals surface area (Å²) in [4.78, 5) is 12.8. The first kappa shape index (κ1) is 11.7. The summed E-state index contributed by atoms with van der Waals surface area (Å²) in [7, 11) is 3.19. The highest BCUT2D eigenvalue weighted by atomic mass is 16.6. The number of hydrogen-bond acceptors (Lipinski definition) is 4. The van der Waals surface area contributed by atoms with Crippen molar-refractivity contribution in [3.05, 3.63) is 29.8 Å². The molecule has 1 aliphatic rings. The fourth-order valence-electron chi connectivity index (χ4n) is 1.94. The van der Waals surface area contributed by atoms with Crippen molar-refractivity contribution in [3.63, 3.8) is 0 Å². The van der Waals surface area contributed by atoms with Gasteiger partial charge < -0.3 is 19.5 Å². The van der Waals surface area contributed by atoms with Gasteiger partial charge in [0.25, 0.3) is 0 Å².